The van der Waals surface area contributed by atoms with Crippen molar-refractivity contribution >= 4 is 80.5 Å². The molecular weight excluding hydrogens is 774 g/mol. The van der Waals surface area contributed by atoms with Gasteiger partial charge in [0.05, 0.1) is 22.4 Å². The summed E-state index contributed by atoms with van der Waals surface area (Å²) in [4.78, 5) is 9.53. The van der Waals surface area contributed by atoms with E-state index < -0.39 is 0 Å². The Morgan fingerprint density at radius 1 is 0.455 bits per heavy atom. The van der Waals surface area contributed by atoms with Crippen molar-refractivity contribution < 1.29 is 18.6 Å². The Kier molecular flexibility index (Phi) is 14.2. The van der Waals surface area contributed by atoms with Crippen molar-refractivity contribution in [3.8, 4) is 29.3 Å². The number of hydrogen-bond donors (Lipinski definition) is 0. The monoisotopic (exact) mass is 834 g/mol. The quantitative estimate of drug-likeness (QED) is 0.0778. The minimum absolute atomic E-state index is 0.253. The second-order valence-corrected chi connectivity index (χ2v) is 22.3. The Hall–Kier alpha value is -1.53. The molecule has 0 spiro atoms. The summed E-state index contributed by atoms with van der Waals surface area (Å²) < 4.78 is 27.1. The van der Waals surface area contributed by atoms with Crippen LogP contribution >= 0.6 is 56.7 Å². The minimum Gasteiger partial charge on any atom is -0.399 e. The third-order valence-electron chi connectivity index (χ3n) is 11.5. The molecule has 2 fully saturated rings. The maximum absolute atomic E-state index is 6.22. The molecule has 296 valence electrons. The topological polar surface area (TPSA) is 36.9 Å². The number of unbranched alkanes of at least 4 members (excludes halogenated alkanes) is 6. The summed E-state index contributed by atoms with van der Waals surface area (Å²) >= 11 is 9.25. The van der Waals surface area contributed by atoms with Gasteiger partial charge in [0, 0.05) is 43.7 Å². The van der Waals surface area contributed by atoms with Gasteiger partial charge in [0.25, 0.3) is 0 Å². The standard InChI is InChI=1S/C24H31BO2S3.C20H29BO2S2/c1-6-7-8-9-10-17-11-12-18(28-17)19-13-14-20(29-19)21-15-16-22(30-21)25-26-23(2,3)24(4,5)27-25;1-6-7-8-9-10-15-13-17(24-14-15)16-11-12-18(25-16)21-22-19(2,3)20(4,5)23-21/h11-16H,6-10H2,1-5H3;11-14H,6-10H2,1-5H3. The zero-order valence-corrected chi connectivity index (χ0v) is 38.8. The average Bonchev–Trinajstić information content (AvgIpc) is 3.98. The van der Waals surface area contributed by atoms with Gasteiger partial charge in [0.1, 0.15) is 0 Å². The highest BCUT2D eigenvalue weighted by atomic mass is 32.1. The van der Waals surface area contributed by atoms with Crippen molar-refractivity contribution in [2.75, 3.05) is 0 Å². The van der Waals surface area contributed by atoms with E-state index in [-0.39, 0.29) is 36.6 Å². The van der Waals surface area contributed by atoms with Gasteiger partial charge in [-0.3, -0.25) is 0 Å². The fourth-order valence-electron chi connectivity index (χ4n) is 6.51. The Morgan fingerprint density at radius 3 is 1.38 bits per heavy atom. The summed E-state index contributed by atoms with van der Waals surface area (Å²) in [7, 11) is -0.530. The largest absolute Gasteiger partial charge is 0.505 e. The van der Waals surface area contributed by atoms with Crippen LogP contribution in [0.4, 0.5) is 0 Å². The molecule has 55 heavy (non-hydrogen) atoms. The minimum atomic E-state index is -0.300. The van der Waals surface area contributed by atoms with Gasteiger partial charge >= 0.3 is 14.2 Å². The number of rotatable bonds is 15. The van der Waals surface area contributed by atoms with Crippen LogP contribution in [0.3, 0.4) is 0 Å². The summed E-state index contributed by atoms with van der Waals surface area (Å²) in [5.74, 6) is 0. The molecule has 0 aromatic carbocycles. The van der Waals surface area contributed by atoms with E-state index in [0.717, 1.165) is 9.55 Å². The van der Waals surface area contributed by atoms with Gasteiger partial charge in [-0.15, -0.1) is 56.7 Å². The molecule has 2 saturated heterocycles. The molecule has 5 aromatic heterocycles. The van der Waals surface area contributed by atoms with Crippen molar-refractivity contribution in [2.45, 2.75) is 156 Å². The van der Waals surface area contributed by atoms with Gasteiger partial charge in [-0.1, -0.05) is 64.5 Å². The second kappa shape index (κ2) is 18.2. The predicted molar refractivity (Wildman–Crippen MR) is 246 cm³/mol. The van der Waals surface area contributed by atoms with Gasteiger partial charge in [-0.25, -0.2) is 0 Å². The third kappa shape index (κ3) is 10.4. The first-order valence-electron chi connectivity index (χ1n) is 20.3. The van der Waals surface area contributed by atoms with Crippen molar-refractivity contribution in [1.29, 1.82) is 0 Å². The van der Waals surface area contributed by atoms with Gasteiger partial charge in [0.15, 0.2) is 0 Å². The zero-order chi connectivity index (χ0) is 39.4. The molecule has 2 aliphatic heterocycles. The molecular formula is C44H60B2O4S5. The fourth-order valence-corrected chi connectivity index (χ4v) is 11.7. The molecule has 0 aliphatic carbocycles. The molecule has 2 aliphatic rings. The lowest BCUT2D eigenvalue weighted by molar-refractivity contribution is 0.00578. The molecule has 5 aromatic rings. The van der Waals surface area contributed by atoms with Crippen LogP contribution in [0, 0.1) is 0 Å². The van der Waals surface area contributed by atoms with Gasteiger partial charge in [-0.2, -0.15) is 0 Å². The van der Waals surface area contributed by atoms with Crippen LogP contribution in [0.25, 0.3) is 29.3 Å². The fraction of sp³-hybridized carbons (Fsp3) is 0.545. The van der Waals surface area contributed by atoms with E-state index in [9.17, 15) is 0 Å². The number of hydrogen-bond acceptors (Lipinski definition) is 9. The van der Waals surface area contributed by atoms with Gasteiger partial charge < -0.3 is 18.6 Å². The van der Waals surface area contributed by atoms with E-state index in [4.69, 9.17) is 18.6 Å². The third-order valence-corrected chi connectivity index (χ3v) is 17.5. The molecule has 11 heteroatoms. The van der Waals surface area contributed by atoms with E-state index >= 15 is 0 Å². The molecule has 0 amide bonds. The summed E-state index contributed by atoms with van der Waals surface area (Å²) in [6, 6.07) is 20.2. The number of aryl methyl sites for hydroxylation is 2. The van der Waals surface area contributed by atoms with Crippen LogP contribution in [-0.4, -0.2) is 36.6 Å². The van der Waals surface area contributed by atoms with Crippen LogP contribution in [0.5, 0.6) is 0 Å². The lowest BCUT2D eigenvalue weighted by Gasteiger charge is -2.32. The molecule has 0 unspecified atom stereocenters. The first-order chi connectivity index (χ1) is 26.1. The summed E-state index contributed by atoms with van der Waals surface area (Å²) in [5.41, 5.74) is 0.311. The molecule has 0 bridgehead atoms. The van der Waals surface area contributed by atoms with Crippen molar-refractivity contribution in [3.63, 3.8) is 0 Å². The van der Waals surface area contributed by atoms with E-state index in [0.29, 0.717) is 0 Å². The van der Waals surface area contributed by atoms with Crippen molar-refractivity contribution in [3.05, 3.63) is 70.4 Å². The second-order valence-electron chi connectivity index (χ2n) is 17.0. The normalized spacial score (nSPS) is 18.2. The first kappa shape index (κ1) is 43.1. The van der Waals surface area contributed by atoms with Crippen LogP contribution in [0.2, 0.25) is 0 Å². The highest BCUT2D eigenvalue weighted by molar-refractivity contribution is 7.30. The molecule has 0 saturated carbocycles. The summed E-state index contributed by atoms with van der Waals surface area (Å²) in [6.45, 7) is 21.4. The SMILES string of the molecule is CCCCCCc1ccc(-c2ccc(-c3ccc(B4OC(C)(C)C(C)(C)O4)s3)s2)s1.CCCCCCc1csc(-c2ccc(B3OC(C)(C)C(C)(C)O3)s2)c1. The van der Waals surface area contributed by atoms with Crippen molar-refractivity contribution in [1.82, 2.24) is 0 Å². The first-order valence-corrected chi connectivity index (χ1v) is 24.4. The molecule has 0 radical (unpaired) electrons. The van der Waals surface area contributed by atoms with E-state index in [1.807, 2.05) is 34.0 Å². The lowest BCUT2D eigenvalue weighted by Crippen LogP contribution is -2.41. The lowest BCUT2D eigenvalue weighted by atomic mass is 9.88. The zero-order valence-electron chi connectivity index (χ0n) is 34.7. The Balaban J connectivity index is 0.000000190. The van der Waals surface area contributed by atoms with Gasteiger partial charge in [-0.05, 0) is 134 Å². The highest BCUT2D eigenvalue weighted by Gasteiger charge is 2.53. The molecule has 7 heterocycles. The maximum atomic E-state index is 6.22. The highest BCUT2D eigenvalue weighted by Crippen LogP contribution is 2.42. The van der Waals surface area contributed by atoms with E-state index in [1.165, 1.54) is 104 Å². The predicted octanol–water partition coefficient (Wildman–Crippen LogP) is 13.5. The Morgan fingerprint density at radius 2 is 0.873 bits per heavy atom. The average molecular weight is 835 g/mol. The van der Waals surface area contributed by atoms with Crippen LogP contribution in [0.1, 0.15) is 131 Å². The van der Waals surface area contributed by atoms with Crippen LogP contribution in [0.15, 0.2) is 60.0 Å². The summed E-state index contributed by atoms with van der Waals surface area (Å²) in [5, 5.41) is 2.31. The van der Waals surface area contributed by atoms with E-state index in [1.54, 1.807) is 22.7 Å². The van der Waals surface area contributed by atoms with Crippen molar-refractivity contribution in [2.24, 2.45) is 0 Å². The summed E-state index contributed by atoms with van der Waals surface area (Å²) in [6.07, 6.45) is 13.0. The molecule has 0 N–H and O–H groups in total. The number of thiophene rings is 5. The smallest absolute Gasteiger partial charge is 0.399 e. The Labute approximate surface area is 352 Å². The van der Waals surface area contributed by atoms with Crippen LogP contribution in [-0.2, 0) is 31.5 Å². The van der Waals surface area contributed by atoms with Gasteiger partial charge in [0.2, 0.25) is 0 Å². The Bertz CT molecular complexity index is 1930. The maximum Gasteiger partial charge on any atom is 0.505 e. The molecule has 7 rings (SSSR count). The van der Waals surface area contributed by atoms with Crippen LogP contribution < -0.4 is 9.55 Å². The molecule has 0 atom stereocenters. The van der Waals surface area contributed by atoms with E-state index in [2.05, 4.69) is 129 Å². The molecule has 4 nitrogen and oxygen atoms in total.